The second-order valence-corrected chi connectivity index (χ2v) is 5.74. The number of amides is 1. The van der Waals surface area contributed by atoms with Crippen LogP contribution in [0.3, 0.4) is 0 Å². The molecule has 1 aliphatic rings. The van der Waals surface area contributed by atoms with Crippen molar-refractivity contribution in [1.82, 2.24) is 10.3 Å². The number of nitrogens with one attached hydrogen (secondary N) is 2. The van der Waals surface area contributed by atoms with Gasteiger partial charge in [-0.15, -0.1) is 24.8 Å². The van der Waals surface area contributed by atoms with Crippen LogP contribution in [0.2, 0.25) is 0 Å². The number of hydrogen-bond donors (Lipinski definition) is 2. The van der Waals surface area contributed by atoms with Crippen molar-refractivity contribution in [3.8, 4) is 11.3 Å². The summed E-state index contributed by atoms with van der Waals surface area (Å²) in [5, 5.41) is 6.31. The SMILES string of the molecule is Cl.Cl.O=C(CCC1CCNC1)Nc1ccnc(-c2ccccc2)c1. The Labute approximate surface area is 155 Å². The first kappa shape index (κ1) is 20.4. The van der Waals surface area contributed by atoms with E-state index in [9.17, 15) is 4.79 Å². The van der Waals surface area contributed by atoms with E-state index in [0.29, 0.717) is 12.3 Å². The molecule has 0 spiro atoms. The maximum absolute atomic E-state index is 12.1. The molecule has 2 heterocycles. The summed E-state index contributed by atoms with van der Waals surface area (Å²) < 4.78 is 0. The lowest BCUT2D eigenvalue weighted by molar-refractivity contribution is -0.116. The molecule has 3 rings (SSSR count). The summed E-state index contributed by atoms with van der Waals surface area (Å²) in [4.78, 5) is 16.4. The van der Waals surface area contributed by atoms with Crippen LogP contribution >= 0.6 is 24.8 Å². The van der Waals surface area contributed by atoms with Crippen LogP contribution in [-0.2, 0) is 4.79 Å². The molecule has 2 N–H and O–H groups in total. The third-order valence-corrected chi connectivity index (χ3v) is 4.06. The molecule has 0 bridgehead atoms. The van der Waals surface area contributed by atoms with Crippen LogP contribution in [0.5, 0.6) is 0 Å². The van der Waals surface area contributed by atoms with E-state index in [1.807, 2.05) is 42.5 Å². The Morgan fingerprint density at radius 2 is 2.00 bits per heavy atom. The lowest BCUT2D eigenvalue weighted by Gasteiger charge is -2.09. The van der Waals surface area contributed by atoms with Gasteiger partial charge < -0.3 is 10.6 Å². The van der Waals surface area contributed by atoms with Crippen LogP contribution in [0.15, 0.2) is 48.7 Å². The molecule has 1 aromatic carbocycles. The van der Waals surface area contributed by atoms with Crippen molar-refractivity contribution in [2.75, 3.05) is 18.4 Å². The van der Waals surface area contributed by atoms with E-state index in [2.05, 4.69) is 15.6 Å². The molecule has 130 valence electrons. The molecule has 2 aromatic rings. The third-order valence-electron chi connectivity index (χ3n) is 4.06. The fourth-order valence-electron chi connectivity index (χ4n) is 2.79. The molecular formula is C18H23Cl2N3O. The number of benzene rings is 1. The Balaban J connectivity index is 0.00000144. The highest BCUT2D eigenvalue weighted by atomic mass is 35.5. The molecule has 0 saturated carbocycles. The van der Waals surface area contributed by atoms with Crippen molar-refractivity contribution >= 4 is 36.4 Å². The second-order valence-electron chi connectivity index (χ2n) is 5.74. The van der Waals surface area contributed by atoms with Gasteiger partial charge in [0, 0.05) is 23.9 Å². The summed E-state index contributed by atoms with van der Waals surface area (Å²) in [6.45, 7) is 2.12. The topological polar surface area (TPSA) is 54.0 Å². The number of pyridine rings is 1. The van der Waals surface area contributed by atoms with Gasteiger partial charge in [0.2, 0.25) is 5.91 Å². The van der Waals surface area contributed by atoms with Crippen LogP contribution in [0.25, 0.3) is 11.3 Å². The summed E-state index contributed by atoms with van der Waals surface area (Å²) in [7, 11) is 0. The van der Waals surface area contributed by atoms with Gasteiger partial charge in [-0.05, 0) is 44.0 Å². The molecule has 1 fully saturated rings. The Hall–Kier alpha value is -1.62. The number of anilines is 1. The summed E-state index contributed by atoms with van der Waals surface area (Å²) in [6.07, 6.45) is 4.45. The molecule has 1 saturated heterocycles. The molecule has 6 heteroatoms. The number of hydrogen-bond acceptors (Lipinski definition) is 3. The fraction of sp³-hybridized carbons (Fsp3) is 0.333. The van der Waals surface area contributed by atoms with Crippen LogP contribution in [0, 0.1) is 5.92 Å². The molecule has 4 nitrogen and oxygen atoms in total. The van der Waals surface area contributed by atoms with E-state index in [1.165, 1.54) is 6.42 Å². The number of rotatable bonds is 5. The number of aromatic nitrogens is 1. The largest absolute Gasteiger partial charge is 0.326 e. The lowest BCUT2D eigenvalue weighted by atomic mass is 10.0. The predicted octanol–water partition coefficient (Wildman–Crippen LogP) is 3.92. The van der Waals surface area contributed by atoms with Crippen molar-refractivity contribution in [3.63, 3.8) is 0 Å². The molecule has 0 aliphatic carbocycles. The first-order valence-corrected chi connectivity index (χ1v) is 7.83. The molecule has 1 aromatic heterocycles. The summed E-state index contributed by atoms with van der Waals surface area (Å²) in [5.74, 6) is 0.722. The zero-order valence-corrected chi connectivity index (χ0v) is 15.0. The molecule has 1 atom stereocenters. The monoisotopic (exact) mass is 367 g/mol. The number of carbonyl (C=O) groups is 1. The summed E-state index contributed by atoms with van der Waals surface area (Å²) in [5.41, 5.74) is 2.73. The maximum atomic E-state index is 12.1. The smallest absolute Gasteiger partial charge is 0.224 e. The first-order valence-electron chi connectivity index (χ1n) is 7.83. The van der Waals surface area contributed by atoms with Gasteiger partial charge in [-0.25, -0.2) is 0 Å². The van der Waals surface area contributed by atoms with Gasteiger partial charge in [-0.2, -0.15) is 0 Å². The molecule has 1 unspecified atom stereocenters. The van der Waals surface area contributed by atoms with Crippen molar-refractivity contribution in [1.29, 1.82) is 0 Å². The van der Waals surface area contributed by atoms with Crippen LogP contribution in [0.1, 0.15) is 19.3 Å². The fourth-order valence-corrected chi connectivity index (χ4v) is 2.79. The minimum Gasteiger partial charge on any atom is -0.326 e. The minimum atomic E-state index is 0. The quantitative estimate of drug-likeness (QED) is 0.841. The van der Waals surface area contributed by atoms with E-state index in [4.69, 9.17) is 0 Å². The average Bonchev–Trinajstić information content (AvgIpc) is 3.08. The van der Waals surface area contributed by atoms with Crippen LogP contribution < -0.4 is 10.6 Å². The summed E-state index contributed by atoms with van der Waals surface area (Å²) >= 11 is 0. The number of nitrogens with zero attached hydrogens (tertiary/aromatic N) is 1. The van der Waals surface area contributed by atoms with Crippen molar-refractivity contribution < 1.29 is 4.79 Å². The lowest BCUT2D eigenvalue weighted by Crippen LogP contribution is -2.15. The number of halogens is 2. The van der Waals surface area contributed by atoms with E-state index >= 15 is 0 Å². The Kier molecular flexibility index (Phi) is 8.76. The van der Waals surface area contributed by atoms with E-state index < -0.39 is 0 Å². The van der Waals surface area contributed by atoms with Gasteiger partial charge >= 0.3 is 0 Å². The average molecular weight is 368 g/mol. The maximum Gasteiger partial charge on any atom is 0.224 e. The van der Waals surface area contributed by atoms with Crippen molar-refractivity contribution in [2.45, 2.75) is 19.3 Å². The normalized spacial score (nSPS) is 15.9. The van der Waals surface area contributed by atoms with Gasteiger partial charge in [0.05, 0.1) is 5.69 Å². The van der Waals surface area contributed by atoms with Crippen LogP contribution in [-0.4, -0.2) is 24.0 Å². The first-order chi connectivity index (χ1) is 10.8. The van der Waals surface area contributed by atoms with Crippen molar-refractivity contribution in [2.24, 2.45) is 5.92 Å². The van der Waals surface area contributed by atoms with Gasteiger partial charge in [-0.3, -0.25) is 9.78 Å². The Morgan fingerprint density at radius 3 is 2.71 bits per heavy atom. The van der Waals surface area contributed by atoms with Gasteiger partial charge in [-0.1, -0.05) is 30.3 Å². The van der Waals surface area contributed by atoms with E-state index in [0.717, 1.165) is 36.5 Å². The highest BCUT2D eigenvalue weighted by Crippen LogP contribution is 2.20. The second kappa shape index (κ2) is 10.3. The predicted molar refractivity (Wildman–Crippen MR) is 103 cm³/mol. The molecule has 1 amide bonds. The van der Waals surface area contributed by atoms with E-state index in [-0.39, 0.29) is 30.7 Å². The standard InChI is InChI=1S/C18H21N3O.2ClH/c22-18(7-6-14-8-10-19-13-14)21-16-9-11-20-17(12-16)15-4-2-1-3-5-15;;/h1-5,9,11-12,14,19H,6-8,10,13H2,(H,20,21,22);2*1H. The molecule has 24 heavy (non-hydrogen) atoms. The highest BCUT2D eigenvalue weighted by Gasteiger charge is 2.15. The zero-order valence-electron chi connectivity index (χ0n) is 13.4. The van der Waals surface area contributed by atoms with Gasteiger partial charge in [0.15, 0.2) is 0 Å². The number of carbonyl (C=O) groups excluding carboxylic acids is 1. The van der Waals surface area contributed by atoms with Crippen molar-refractivity contribution in [3.05, 3.63) is 48.7 Å². The van der Waals surface area contributed by atoms with Gasteiger partial charge in [0.25, 0.3) is 0 Å². The van der Waals surface area contributed by atoms with Gasteiger partial charge in [0.1, 0.15) is 0 Å². The Morgan fingerprint density at radius 1 is 1.21 bits per heavy atom. The third kappa shape index (κ3) is 5.78. The summed E-state index contributed by atoms with van der Waals surface area (Å²) in [6, 6.07) is 13.7. The van der Waals surface area contributed by atoms with Crippen LogP contribution in [0.4, 0.5) is 5.69 Å². The molecular weight excluding hydrogens is 345 g/mol. The zero-order chi connectivity index (χ0) is 15.2. The molecule has 1 aliphatic heterocycles. The Bertz CT molecular complexity index is 631. The molecule has 0 radical (unpaired) electrons. The van der Waals surface area contributed by atoms with E-state index in [1.54, 1.807) is 6.20 Å². The minimum absolute atomic E-state index is 0. The highest BCUT2D eigenvalue weighted by molar-refractivity contribution is 5.91.